The Bertz CT molecular complexity index is 1350. The number of nitrogens with zero attached hydrogens (tertiary/aromatic N) is 3. The summed E-state index contributed by atoms with van der Waals surface area (Å²) in [6, 6.07) is -1.67. The molecule has 1 aliphatic rings. The van der Waals surface area contributed by atoms with E-state index in [0.29, 0.717) is 16.5 Å². The summed E-state index contributed by atoms with van der Waals surface area (Å²) in [5, 5.41) is 11.1. The van der Waals surface area contributed by atoms with Crippen molar-refractivity contribution in [3.63, 3.8) is 0 Å². The molecule has 4 rings (SSSR count). The Morgan fingerprint density at radius 2 is 1.11 bits per heavy atom. The van der Waals surface area contributed by atoms with E-state index in [-0.39, 0.29) is 46.6 Å². The number of amides is 3. The summed E-state index contributed by atoms with van der Waals surface area (Å²) in [7, 11) is 0. The molecular formula is C26H34N6O5S. The zero-order valence-electron chi connectivity index (χ0n) is 22.8. The number of aryl methyl sites for hydroxylation is 2. The van der Waals surface area contributed by atoms with Gasteiger partial charge in [0.05, 0.1) is 6.04 Å². The number of rotatable bonds is 3. The highest BCUT2D eigenvalue weighted by Gasteiger charge is 2.33. The van der Waals surface area contributed by atoms with Gasteiger partial charge in [0.1, 0.15) is 34.3 Å². The number of oxazole rings is 2. The summed E-state index contributed by atoms with van der Waals surface area (Å²) in [6.45, 7) is 14.9. The highest BCUT2D eigenvalue weighted by molar-refractivity contribution is 7.09. The lowest BCUT2D eigenvalue weighted by Crippen LogP contribution is -2.35. The van der Waals surface area contributed by atoms with E-state index >= 15 is 0 Å². The number of carbonyl (C=O) groups is 3. The molecule has 0 aliphatic carbocycles. The van der Waals surface area contributed by atoms with Gasteiger partial charge in [-0.1, -0.05) is 41.5 Å². The first kappa shape index (κ1) is 27.5. The molecular weight excluding hydrogens is 508 g/mol. The van der Waals surface area contributed by atoms with E-state index in [4.69, 9.17) is 8.83 Å². The summed E-state index contributed by atoms with van der Waals surface area (Å²) < 4.78 is 11.7. The van der Waals surface area contributed by atoms with E-state index in [0.717, 1.165) is 0 Å². The first-order valence-electron chi connectivity index (χ1n) is 12.7. The van der Waals surface area contributed by atoms with Gasteiger partial charge < -0.3 is 24.8 Å². The molecule has 3 atom stereocenters. The van der Waals surface area contributed by atoms with Crippen LogP contribution in [0, 0.1) is 31.6 Å². The van der Waals surface area contributed by atoms with Gasteiger partial charge in [0.2, 0.25) is 11.8 Å². The van der Waals surface area contributed by atoms with Crippen LogP contribution in [-0.2, 0) is 0 Å². The summed E-state index contributed by atoms with van der Waals surface area (Å²) in [4.78, 5) is 53.2. The SMILES string of the molecule is Cc1oc2nc1C(=O)N[C@@H](C(C)C)c1nc(c(C)o1)C(=O)N[C@@H](C(C)C)c1nc(cs1)C(=O)N[C@H]2C(C)C. The van der Waals surface area contributed by atoms with Crippen LogP contribution in [0.25, 0.3) is 0 Å². The van der Waals surface area contributed by atoms with Crippen LogP contribution in [0.4, 0.5) is 0 Å². The number of nitrogens with one attached hydrogen (secondary N) is 3. The Morgan fingerprint density at radius 3 is 1.55 bits per heavy atom. The minimum Gasteiger partial charge on any atom is -0.443 e. The Hall–Kier alpha value is -3.54. The van der Waals surface area contributed by atoms with E-state index in [1.807, 2.05) is 41.5 Å². The standard InChI is InChI=1S/C26H34N6O5S/c1-10(2)16-24-31-19(13(7)36-24)22(34)29-17(11(3)4)25-32-20(14(8)37-25)23(35)30-18(12(5)6)26-27-15(9-38-26)21(33)28-16/h9-12,16-18H,1-8H3,(H,28,33)(H,29,34)(H,30,35)/t16-,17-,18-/m0/s1. The van der Waals surface area contributed by atoms with Gasteiger partial charge in [-0.05, 0) is 31.6 Å². The fourth-order valence-corrected chi connectivity index (χ4v) is 5.25. The molecule has 204 valence electrons. The molecule has 0 aromatic carbocycles. The fraction of sp³-hybridized carbons (Fsp3) is 0.538. The maximum atomic E-state index is 13.3. The molecule has 4 heterocycles. The highest BCUT2D eigenvalue weighted by Crippen LogP contribution is 2.29. The van der Waals surface area contributed by atoms with Crippen molar-refractivity contribution in [3.05, 3.63) is 50.8 Å². The van der Waals surface area contributed by atoms with Crippen molar-refractivity contribution in [2.24, 2.45) is 17.8 Å². The Kier molecular flexibility index (Phi) is 7.73. The number of thiazole rings is 1. The van der Waals surface area contributed by atoms with Crippen LogP contribution in [0.2, 0.25) is 0 Å². The van der Waals surface area contributed by atoms with Gasteiger partial charge in [-0.15, -0.1) is 11.3 Å². The number of carbonyl (C=O) groups excluding carboxylic acids is 3. The summed E-state index contributed by atoms with van der Waals surface area (Å²) in [6.07, 6.45) is 0. The van der Waals surface area contributed by atoms with Crippen molar-refractivity contribution < 1.29 is 23.2 Å². The molecule has 3 aromatic heterocycles. The van der Waals surface area contributed by atoms with Crippen molar-refractivity contribution in [2.45, 2.75) is 73.5 Å². The van der Waals surface area contributed by atoms with Crippen molar-refractivity contribution in [2.75, 3.05) is 0 Å². The zero-order valence-corrected chi connectivity index (χ0v) is 23.6. The molecule has 11 nitrogen and oxygen atoms in total. The average Bonchev–Trinajstić information content (AvgIpc) is 3.56. The molecule has 3 aromatic rings. The van der Waals surface area contributed by atoms with Gasteiger partial charge in [-0.3, -0.25) is 14.4 Å². The second-order valence-corrected chi connectivity index (χ2v) is 11.5. The van der Waals surface area contributed by atoms with Crippen LogP contribution in [-0.4, -0.2) is 32.7 Å². The third kappa shape index (κ3) is 5.35. The summed E-state index contributed by atoms with van der Waals surface area (Å²) in [5.41, 5.74) is 0.446. The topological polar surface area (TPSA) is 152 Å². The fourth-order valence-electron chi connectivity index (χ4n) is 4.23. The highest BCUT2D eigenvalue weighted by atomic mass is 32.1. The van der Waals surface area contributed by atoms with E-state index in [1.54, 1.807) is 19.2 Å². The van der Waals surface area contributed by atoms with Crippen LogP contribution >= 0.6 is 11.3 Å². The second kappa shape index (κ2) is 10.7. The first-order chi connectivity index (χ1) is 17.9. The minimum atomic E-state index is -0.621. The van der Waals surface area contributed by atoms with Crippen LogP contribution in [0.1, 0.15) is 119 Å². The summed E-state index contributed by atoms with van der Waals surface area (Å²) in [5.74, 6) is -0.409. The maximum Gasteiger partial charge on any atom is 0.274 e. The quantitative estimate of drug-likeness (QED) is 0.439. The molecule has 3 N–H and O–H groups in total. The van der Waals surface area contributed by atoms with Gasteiger partial charge in [-0.2, -0.15) is 0 Å². The summed E-state index contributed by atoms with van der Waals surface area (Å²) >= 11 is 1.29. The molecule has 3 amide bonds. The van der Waals surface area contributed by atoms with Gasteiger partial charge >= 0.3 is 0 Å². The molecule has 38 heavy (non-hydrogen) atoms. The molecule has 0 spiro atoms. The van der Waals surface area contributed by atoms with Crippen molar-refractivity contribution in [3.8, 4) is 0 Å². The Labute approximate surface area is 225 Å². The number of hydrogen-bond acceptors (Lipinski definition) is 9. The van der Waals surface area contributed by atoms with E-state index in [1.165, 1.54) is 11.3 Å². The predicted molar refractivity (Wildman–Crippen MR) is 140 cm³/mol. The van der Waals surface area contributed by atoms with Crippen LogP contribution < -0.4 is 16.0 Å². The van der Waals surface area contributed by atoms with E-state index < -0.39 is 35.8 Å². The first-order valence-corrected chi connectivity index (χ1v) is 13.6. The second-order valence-electron chi connectivity index (χ2n) is 10.6. The normalized spacial score (nSPS) is 20.8. The minimum absolute atomic E-state index is 0.0156. The third-order valence-electron chi connectivity index (χ3n) is 6.47. The largest absolute Gasteiger partial charge is 0.443 e. The third-order valence-corrected chi connectivity index (χ3v) is 7.40. The Morgan fingerprint density at radius 1 is 0.684 bits per heavy atom. The molecule has 0 saturated heterocycles. The number of aromatic nitrogens is 3. The predicted octanol–water partition coefficient (Wildman–Crippen LogP) is 4.43. The number of hydrogen-bond donors (Lipinski definition) is 3. The van der Waals surface area contributed by atoms with Crippen molar-refractivity contribution in [1.29, 1.82) is 0 Å². The zero-order chi connectivity index (χ0) is 27.9. The lowest BCUT2D eigenvalue weighted by atomic mass is 10.0. The maximum absolute atomic E-state index is 13.3. The van der Waals surface area contributed by atoms with E-state index in [2.05, 4.69) is 30.9 Å². The number of fused-ring (bicyclic) bond motifs is 6. The molecule has 0 unspecified atom stereocenters. The van der Waals surface area contributed by atoms with Gasteiger partial charge in [0, 0.05) is 5.38 Å². The Balaban J connectivity index is 1.84. The molecule has 0 radical (unpaired) electrons. The lowest BCUT2D eigenvalue weighted by Gasteiger charge is -2.20. The van der Waals surface area contributed by atoms with Gasteiger partial charge in [0.15, 0.2) is 11.4 Å². The van der Waals surface area contributed by atoms with Crippen molar-refractivity contribution >= 4 is 29.1 Å². The van der Waals surface area contributed by atoms with Gasteiger partial charge in [0.25, 0.3) is 17.7 Å². The van der Waals surface area contributed by atoms with Crippen LogP contribution in [0.5, 0.6) is 0 Å². The molecule has 0 fully saturated rings. The molecule has 0 saturated carbocycles. The average molecular weight is 543 g/mol. The molecule has 1 aliphatic heterocycles. The van der Waals surface area contributed by atoms with E-state index in [9.17, 15) is 14.4 Å². The monoisotopic (exact) mass is 542 g/mol. The lowest BCUT2D eigenvalue weighted by molar-refractivity contribution is 0.0905. The molecule has 12 heteroatoms. The smallest absolute Gasteiger partial charge is 0.274 e. The van der Waals surface area contributed by atoms with Crippen LogP contribution in [0.3, 0.4) is 0 Å². The van der Waals surface area contributed by atoms with Gasteiger partial charge in [-0.25, -0.2) is 15.0 Å². The van der Waals surface area contributed by atoms with Crippen LogP contribution in [0.15, 0.2) is 14.2 Å². The van der Waals surface area contributed by atoms with Crippen molar-refractivity contribution in [1.82, 2.24) is 30.9 Å². The molecule has 6 bridgehead atoms.